The molecule has 2 fully saturated rings. The number of likely N-dealkylation sites (tertiary alicyclic amines) is 1. The number of hydrogen-bond donors (Lipinski definition) is 0. The van der Waals surface area contributed by atoms with Gasteiger partial charge in [-0.05, 0) is 76.0 Å². The first-order valence-corrected chi connectivity index (χ1v) is 12.1. The molecule has 0 unspecified atom stereocenters. The Morgan fingerprint density at radius 3 is 2.39 bits per heavy atom. The van der Waals surface area contributed by atoms with Crippen molar-refractivity contribution in [2.75, 3.05) is 27.8 Å². The Labute approximate surface area is 185 Å². The molecule has 1 saturated carbocycles. The van der Waals surface area contributed by atoms with Crippen LogP contribution in [0.4, 0.5) is 0 Å². The molecule has 0 bridgehead atoms. The molecule has 0 aromatic heterocycles. The predicted molar refractivity (Wildman–Crippen MR) is 119 cm³/mol. The third-order valence-corrected chi connectivity index (χ3v) is 8.39. The van der Waals surface area contributed by atoms with Crippen LogP contribution in [0.15, 0.2) is 47.4 Å². The van der Waals surface area contributed by atoms with Gasteiger partial charge in [-0.25, -0.2) is 0 Å². The van der Waals surface area contributed by atoms with Crippen LogP contribution < -0.4 is 9.47 Å². The number of hydrogen-bond acceptors (Lipinski definition) is 6. The molecule has 0 radical (unpaired) electrons. The third kappa shape index (κ3) is 4.06. The number of benzene rings is 2. The third-order valence-electron chi connectivity index (χ3n) is 7.01. The van der Waals surface area contributed by atoms with Crippen LogP contribution in [-0.2, 0) is 19.7 Å². The van der Waals surface area contributed by atoms with E-state index in [-0.39, 0.29) is 22.5 Å². The predicted octanol–water partition coefficient (Wildman–Crippen LogP) is 3.91. The van der Waals surface area contributed by atoms with Gasteiger partial charge in [0.1, 0.15) is 0 Å². The number of nitrogens with zero attached hydrogens (tertiary/aromatic N) is 1. The standard InChI is InChI=1S/C24H31NO5S/c1-17-5-8-20(9-6-17)31(26,27)30-19-11-12-24(13-14-25(2)23(24)16-19)18-7-10-21(28-3)22(15-18)29-4/h5-10,15,19,23H,11-14,16H2,1-4H3/t19-,23-,24-/m0/s1. The molecule has 4 rings (SSSR count). The second kappa shape index (κ2) is 8.45. The molecule has 6 nitrogen and oxygen atoms in total. The van der Waals surface area contributed by atoms with Crippen LogP contribution in [0, 0.1) is 6.92 Å². The Morgan fingerprint density at radius 1 is 1.00 bits per heavy atom. The maximum absolute atomic E-state index is 12.8. The SMILES string of the molecule is COc1ccc([C@@]23CC[C@H](OS(=O)(=O)c4ccc(C)cc4)C[C@@H]2N(C)CC3)cc1OC. The van der Waals surface area contributed by atoms with Gasteiger partial charge in [-0.15, -0.1) is 0 Å². The van der Waals surface area contributed by atoms with E-state index < -0.39 is 10.1 Å². The fourth-order valence-electron chi connectivity index (χ4n) is 5.26. The van der Waals surface area contributed by atoms with E-state index in [1.54, 1.807) is 38.5 Å². The van der Waals surface area contributed by atoms with Crippen molar-refractivity contribution >= 4 is 10.1 Å². The molecule has 1 aliphatic carbocycles. The summed E-state index contributed by atoms with van der Waals surface area (Å²) in [7, 11) is 1.62. The van der Waals surface area contributed by atoms with Crippen LogP contribution in [0.25, 0.3) is 0 Å². The molecule has 1 heterocycles. The van der Waals surface area contributed by atoms with Gasteiger partial charge in [-0.2, -0.15) is 8.42 Å². The molecule has 1 saturated heterocycles. The smallest absolute Gasteiger partial charge is 0.297 e. The first-order chi connectivity index (χ1) is 14.8. The first kappa shape index (κ1) is 22.1. The van der Waals surface area contributed by atoms with E-state index in [0.717, 1.165) is 30.7 Å². The summed E-state index contributed by atoms with van der Waals surface area (Å²) in [5.74, 6) is 1.44. The number of fused-ring (bicyclic) bond motifs is 1. The highest BCUT2D eigenvalue weighted by molar-refractivity contribution is 7.86. The van der Waals surface area contributed by atoms with Crippen molar-refractivity contribution in [1.82, 2.24) is 4.90 Å². The van der Waals surface area contributed by atoms with E-state index in [0.29, 0.717) is 18.6 Å². The highest BCUT2D eigenvalue weighted by Gasteiger charge is 2.51. The van der Waals surface area contributed by atoms with Crippen molar-refractivity contribution in [3.8, 4) is 11.5 Å². The summed E-state index contributed by atoms with van der Waals surface area (Å²) >= 11 is 0. The Morgan fingerprint density at radius 2 is 1.71 bits per heavy atom. The van der Waals surface area contributed by atoms with Crippen molar-refractivity contribution < 1.29 is 22.1 Å². The van der Waals surface area contributed by atoms with Gasteiger partial charge in [0.2, 0.25) is 0 Å². The summed E-state index contributed by atoms with van der Waals surface area (Å²) in [6.07, 6.45) is 2.94. The van der Waals surface area contributed by atoms with E-state index in [1.165, 1.54) is 5.56 Å². The zero-order valence-electron chi connectivity index (χ0n) is 18.6. The lowest BCUT2D eigenvalue weighted by molar-refractivity contribution is 0.0768. The number of methoxy groups -OCH3 is 2. The topological polar surface area (TPSA) is 65.1 Å². The lowest BCUT2D eigenvalue weighted by atomic mass is 9.65. The second-order valence-electron chi connectivity index (χ2n) is 8.73. The molecule has 2 aromatic carbocycles. The van der Waals surface area contributed by atoms with Crippen LogP contribution in [0.1, 0.15) is 36.8 Å². The summed E-state index contributed by atoms with van der Waals surface area (Å²) < 4.78 is 42.3. The van der Waals surface area contributed by atoms with Crippen LogP contribution in [0.2, 0.25) is 0 Å². The first-order valence-electron chi connectivity index (χ1n) is 10.7. The van der Waals surface area contributed by atoms with Gasteiger partial charge in [0.05, 0.1) is 25.2 Å². The number of likely N-dealkylation sites (N-methyl/N-ethyl adjacent to an activating group) is 1. The Balaban J connectivity index is 1.57. The molecule has 168 valence electrons. The monoisotopic (exact) mass is 445 g/mol. The van der Waals surface area contributed by atoms with Crippen molar-refractivity contribution in [2.24, 2.45) is 0 Å². The largest absolute Gasteiger partial charge is 0.493 e. The van der Waals surface area contributed by atoms with Crippen LogP contribution in [0.3, 0.4) is 0 Å². The Bertz CT molecular complexity index is 1040. The maximum atomic E-state index is 12.8. The van der Waals surface area contributed by atoms with Crippen molar-refractivity contribution in [3.63, 3.8) is 0 Å². The molecule has 2 aromatic rings. The van der Waals surface area contributed by atoms with Crippen LogP contribution in [-0.4, -0.2) is 53.3 Å². The van der Waals surface area contributed by atoms with E-state index in [9.17, 15) is 8.42 Å². The summed E-state index contributed by atoms with van der Waals surface area (Å²) in [5.41, 5.74) is 2.20. The van der Waals surface area contributed by atoms with Crippen LogP contribution in [0.5, 0.6) is 11.5 Å². The molecule has 0 amide bonds. The number of ether oxygens (including phenoxy) is 2. The zero-order chi connectivity index (χ0) is 22.2. The minimum absolute atomic E-state index is 0.0399. The Kier molecular flexibility index (Phi) is 6.03. The highest BCUT2D eigenvalue weighted by atomic mass is 32.2. The fourth-order valence-corrected chi connectivity index (χ4v) is 6.37. The fraction of sp³-hybridized carbons (Fsp3) is 0.500. The Hall–Kier alpha value is -2.09. The molecule has 2 aliphatic rings. The quantitative estimate of drug-likeness (QED) is 0.628. The van der Waals surface area contributed by atoms with Crippen molar-refractivity contribution in [1.29, 1.82) is 0 Å². The molecular weight excluding hydrogens is 414 g/mol. The molecule has 31 heavy (non-hydrogen) atoms. The lowest BCUT2D eigenvalue weighted by Gasteiger charge is -2.44. The lowest BCUT2D eigenvalue weighted by Crippen LogP contribution is -2.48. The van der Waals surface area contributed by atoms with Gasteiger partial charge in [-0.3, -0.25) is 4.18 Å². The van der Waals surface area contributed by atoms with Crippen molar-refractivity contribution in [2.45, 2.75) is 55.1 Å². The molecule has 0 spiro atoms. The molecular formula is C24H31NO5S. The summed E-state index contributed by atoms with van der Waals surface area (Å²) in [6.45, 7) is 2.90. The average Bonchev–Trinajstić information content (AvgIpc) is 3.10. The van der Waals surface area contributed by atoms with E-state index in [4.69, 9.17) is 13.7 Å². The van der Waals surface area contributed by atoms with Gasteiger partial charge in [0.15, 0.2) is 11.5 Å². The van der Waals surface area contributed by atoms with Gasteiger partial charge in [-0.1, -0.05) is 23.8 Å². The molecule has 1 aliphatic heterocycles. The zero-order valence-corrected chi connectivity index (χ0v) is 19.4. The normalized spacial score (nSPS) is 26.5. The summed E-state index contributed by atoms with van der Waals surface area (Å²) in [4.78, 5) is 2.56. The average molecular weight is 446 g/mol. The van der Waals surface area contributed by atoms with E-state index in [1.807, 2.05) is 13.0 Å². The van der Waals surface area contributed by atoms with E-state index in [2.05, 4.69) is 24.1 Å². The minimum Gasteiger partial charge on any atom is -0.493 e. The van der Waals surface area contributed by atoms with Gasteiger partial charge < -0.3 is 14.4 Å². The molecule has 3 atom stereocenters. The second-order valence-corrected chi connectivity index (χ2v) is 10.3. The molecule has 7 heteroatoms. The summed E-state index contributed by atoms with van der Waals surface area (Å²) in [6, 6.07) is 13.2. The maximum Gasteiger partial charge on any atom is 0.297 e. The van der Waals surface area contributed by atoms with E-state index >= 15 is 0 Å². The highest BCUT2D eigenvalue weighted by Crippen LogP contribution is 2.50. The number of aryl methyl sites for hydroxylation is 1. The minimum atomic E-state index is -3.78. The number of rotatable bonds is 6. The van der Waals surface area contributed by atoms with Crippen molar-refractivity contribution in [3.05, 3.63) is 53.6 Å². The van der Waals surface area contributed by atoms with Gasteiger partial charge >= 0.3 is 0 Å². The van der Waals surface area contributed by atoms with Gasteiger partial charge in [0, 0.05) is 11.5 Å². The van der Waals surface area contributed by atoms with Gasteiger partial charge in [0.25, 0.3) is 10.1 Å². The van der Waals surface area contributed by atoms with Crippen LogP contribution >= 0.6 is 0 Å². The summed E-state index contributed by atoms with van der Waals surface area (Å²) in [5, 5.41) is 0. The molecule has 0 N–H and O–H groups in total.